The number of nitrogens with one attached hydrogen (secondary N) is 1. The van der Waals surface area contributed by atoms with Gasteiger partial charge in [0.25, 0.3) is 0 Å². The monoisotopic (exact) mass is 237 g/mol. The highest BCUT2D eigenvalue weighted by atomic mass is 15.1. The van der Waals surface area contributed by atoms with Gasteiger partial charge in [-0.1, -0.05) is 52.4 Å². The topological polar surface area (TPSA) is 12.0 Å². The number of rotatable bonds is 5. The molecule has 1 N–H and O–H groups in total. The fourth-order valence-corrected chi connectivity index (χ4v) is 4.26. The summed E-state index contributed by atoms with van der Waals surface area (Å²) in [4.78, 5) is 0. The molecule has 2 rings (SSSR count). The molecule has 2 unspecified atom stereocenters. The highest BCUT2D eigenvalue weighted by Crippen LogP contribution is 2.44. The molecule has 17 heavy (non-hydrogen) atoms. The molecule has 2 saturated heterocycles. The fourth-order valence-electron chi connectivity index (χ4n) is 4.26. The molecule has 0 aromatic rings. The minimum Gasteiger partial charge on any atom is -0.306 e. The molecule has 1 nitrogen and oxygen atoms in total. The van der Waals surface area contributed by atoms with Crippen molar-refractivity contribution in [3.63, 3.8) is 0 Å². The predicted octanol–water partition coefficient (Wildman–Crippen LogP) is 4.80. The van der Waals surface area contributed by atoms with Crippen LogP contribution in [0, 0.1) is 0 Å². The first kappa shape index (κ1) is 13.4. The first-order valence-electron chi connectivity index (χ1n) is 8.04. The maximum Gasteiger partial charge on any atom is 0.0187 e. The summed E-state index contributed by atoms with van der Waals surface area (Å²) in [5, 5.41) is 4.16. The molecule has 2 fully saturated rings. The Bertz CT molecular complexity index is 234. The van der Waals surface area contributed by atoms with E-state index in [9.17, 15) is 0 Å². The van der Waals surface area contributed by atoms with Crippen LogP contribution in [0.15, 0.2) is 0 Å². The summed E-state index contributed by atoms with van der Waals surface area (Å²) < 4.78 is 0. The van der Waals surface area contributed by atoms with Gasteiger partial charge in [-0.05, 0) is 38.5 Å². The summed E-state index contributed by atoms with van der Waals surface area (Å²) >= 11 is 0. The Labute approximate surface area is 108 Å². The van der Waals surface area contributed by atoms with Crippen molar-refractivity contribution in [1.29, 1.82) is 0 Å². The molecule has 2 aliphatic heterocycles. The zero-order valence-corrected chi connectivity index (χ0v) is 12.0. The highest BCUT2D eigenvalue weighted by molar-refractivity contribution is 5.06. The van der Waals surface area contributed by atoms with Crippen molar-refractivity contribution in [3.8, 4) is 0 Å². The van der Waals surface area contributed by atoms with E-state index in [1.807, 2.05) is 0 Å². The van der Waals surface area contributed by atoms with Gasteiger partial charge in [0.15, 0.2) is 0 Å². The molecule has 0 saturated carbocycles. The Kier molecular flexibility index (Phi) is 4.52. The van der Waals surface area contributed by atoms with E-state index in [-0.39, 0.29) is 0 Å². The maximum absolute atomic E-state index is 4.16. The van der Waals surface area contributed by atoms with Crippen LogP contribution in [0.3, 0.4) is 0 Å². The van der Waals surface area contributed by atoms with Crippen molar-refractivity contribution in [1.82, 2.24) is 5.32 Å². The van der Waals surface area contributed by atoms with E-state index < -0.39 is 0 Å². The molecule has 1 heteroatoms. The second kappa shape index (κ2) is 5.73. The van der Waals surface area contributed by atoms with Crippen molar-refractivity contribution < 1.29 is 0 Å². The molecule has 0 aromatic carbocycles. The van der Waals surface area contributed by atoms with E-state index in [1.165, 1.54) is 77.0 Å². The summed E-state index contributed by atoms with van der Waals surface area (Å²) in [6, 6.07) is 0. The predicted molar refractivity (Wildman–Crippen MR) is 75.3 cm³/mol. The van der Waals surface area contributed by atoms with Gasteiger partial charge in [0.2, 0.25) is 0 Å². The highest BCUT2D eigenvalue weighted by Gasteiger charge is 2.46. The summed E-state index contributed by atoms with van der Waals surface area (Å²) in [7, 11) is 0. The van der Waals surface area contributed by atoms with E-state index in [1.54, 1.807) is 0 Å². The summed E-state index contributed by atoms with van der Waals surface area (Å²) in [5.41, 5.74) is 1.06. The van der Waals surface area contributed by atoms with Gasteiger partial charge in [0, 0.05) is 11.1 Å². The SMILES string of the molecule is CCCCC12CCCCCC(CCC)(CC1)N2. The Balaban J connectivity index is 2.06. The van der Waals surface area contributed by atoms with Gasteiger partial charge < -0.3 is 5.32 Å². The molecule has 0 amide bonds. The third-order valence-electron chi connectivity index (χ3n) is 5.16. The second-order valence-electron chi connectivity index (χ2n) is 6.60. The Morgan fingerprint density at radius 2 is 1.41 bits per heavy atom. The van der Waals surface area contributed by atoms with Crippen LogP contribution < -0.4 is 5.32 Å². The van der Waals surface area contributed by atoms with Crippen LogP contribution in [-0.2, 0) is 0 Å². The van der Waals surface area contributed by atoms with Crippen molar-refractivity contribution in [2.75, 3.05) is 0 Å². The molecule has 0 aromatic heterocycles. The normalized spacial score (nSPS) is 37.8. The smallest absolute Gasteiger partial charge is 0.0187 e. The van der Waals surface area contributed by atoms with Crippen molar-refractivity contribution in [2.24, 2.45) is 0 Å². The van der Waals surface area contributed by atoms with E-state index in [0.717, 1.165) is 0 Å². The first-order valence-corrected chi connectivity index (χ1v) is 8.04. The average Bonchev–Trinajstić information content (AvgIpc) is 2.68. The van der Waals surface area contributed by atoms with Crippen molar-refractivity contribution >= 4 is 0 Å². The number of unbranched alkanes of at least 4 members (excludes halogenated alkanes) is 1. The Morgan fingerprint density at radius 3 is 2.00 bits per heavy atom. The lowest BCUT2D eigenvalue weighted by molar-refractivity contribution is 0.209. The third-order valence-corrected chi connectivity index (χ3v) is 5.16. The zero-order valence-electron chi connectivity index (χ0n) is 12.0. The van der Waals surface area contributed by atoms with Crippen LogP contribution in [0.5, 0.6) is 0 Å². The van der Waals surface area contributed by atoms with Gasteiger partial charge in [0.05, 0.1) is 0 Å². The van der Waals surface area contributed by atoms with Crippen LogP contribution in [0.4, 0.5) is 0 Å². The molecule has 0 radical (unpaired) electrons. The zero-order chi connectivity index (χ0) is 12.2. The van der Waals surface area contributed by atoms with Gasteiger partial charge in [-0.3, -0.25) is 0 Å². The molecule has 0 aliphatic carbocycles. The molecular weight excluding hydrogens is 206 g/mol. The number of hydrogen-bond acceptors (Lipinski definition) is 1. The summed E-state index contributed by atoms with van der Waals surface area (Å²) in [5.74, 6) is 0. The van der Waals surface area contributed by atoms with Crippen LogP contribution in [0.2, 0.25) is 0 Å². The van der Waals surface area contributed by atoms with Crippen LogP contribution >= 0.6 is 0 Å². The van der Waals surface area contributed by atoms with Crippen molar-refractivity contribution in [2.45, 2.75) is 102 Å². The average molecular weight is 237 g/mol. The lowest BCUT2D eigenvalue weighted by atomic mass is 9.84. The fraction of sp³-hybridized carbons (Fsp3) is 1.00. The quantitative estimate of drug-likeness (QED) is 0.724. The molecule has 100 valence electrons. The second-order valence-corrected chi connectivity index (χ2v) is 6.60. The summed E-state index contributed by atoms with van der Waals surface area (Å²) in [6.45, 7) is 4.68. The number of hydrogen-bond donors (Lipinski definition) is 1. The lowest BCUT2D eigenvalue weighted by Gasteiger charge is -2.39. The molecular formula is C16H31N. The van der Waals surface area contributed by atoms with Crippen LogP contribution in [0.25, 0.3) is 0 Å². The van der Waals surface area contributed by atoms with Crippen LogP contribution in [0.1, 0.15) is 90.9 Å². The molecule has 0 spiro atoms. The Morgan fingerprint density at radius 1 is 0.765 bits per heavy atom. The van der Waals surface area contributed by atoms with Crippen LogP contribution in [-0.4, -0.2) is 11.1 Å². The standard InChI is InChI=1S/C16H31N/c1-3-5-10-16-12-8-6-7-11-15(17-16,9-4-2)13-14-16/h17H,3-14H2,1-2H3. The Hall–Kier alpha value is -0.0400. The van der Waals surface area contributed by atoms with E-state index in [0.29, 0.717) is 11.1 Å². The van der Waals surface area contributed by atoms with Gasteiger partial charge in [-0.25, -0.2) is 0 Å². The van der Waals surface area contributed by atoms with Crippen molar-refractivity contribution in [3.05, 3.63) is 0 Å². The summed E-state index contributed by atoms with van der Waals surface area (Å²) in [6.07, 6.45) is 17.1. The molecule has 2 aliphatic rings. The number of fused-ring (bicyclic) bond motifs is 2. The van der Waals surface area contributed by atoms with E-state index in [2.05, 4.69) is 19.2 Å². The maximum atomic E-state index is 4.16. The van der Waals surface area contributed by atoms with Gasteiger partial charge in [-0.2, -0.15) is 0 Å². The molecule has 2 bridgehead atoms. The lowest BCUT2D eigenvalue weighted by Crippen LogP contribution is -2.51. The molecule has 2 heterocycles. The third kappa shape index (κ3) is 3.05. The largest absolute Gasteiger partial charge is 0.306 e. The van der Waals surface area contributed by atoms with E-state index in [4.69, 9.17) is 0 Å². The molecule has 2 atom stereocenters. The first-order chi connectivity index (χ1) is 8.24. The van der Waals surface area contributed by atoms with Gasteiger partial charge in [0.1, 0.15) is 0 Å². The minimum atomic E-state index is 0.531. The minimum absolute atomic E-state index is 0.531. The van der Waals surface area contributed by atoms with E-state index >= 15 is 0 Å². The van der Waals surface area contributed by atoms with Gasteiger partial charge in [-0.15, -0.1) is 0 Å². The van der Waals surface area contributed by atoms with Gasteiger partial charge >= 0.3 is 0 Å².